The van der Waals surface area contributed by atoms with Gasteiger partial charge in [-0.2, -0.15) is 0 Å². The Bertz CT molecular complexity index is 460. The molecular formula is C16H24BrClN2O. The molecule has 0 heterocycles. The number of nitrogens with one attached hydrogen (secondary N) is 1. The molecule has 1 fully saturated rings. The van der Waals surface area contributed by atoms with E-state index in [1.54, 1.807) is 0 Å². The summed E-state index contributed by atoms with van der Waals surface area (Å²) in [6.07, 6.45) is 5.19. The number of benzene rings is 1. The van der Waals surface area contributed by atoms with Crippen LogP contribution < -0.4 is 11.1 Å². The van der Waals surface area contributed by atoms with Gasteiger partial charge in [-0.25, -0.2) is 0 Å². The predicted octanol–water partition coefficient (Wildman–Crippen LogP) is 3.54. The summed E-state index contributed by atoms with van der Waals surface area (Å²) in [6.45, 7) is 2.74. The molecule has 0 aliphatic heterocycles. The number of carbonyl (C=O) groups is 1. The minimum atomic E-state index is -0.373. The summed E-state index contributed by atoms with van der Waals surface area (Å²) < 4.78 is 1.09. The Hall–Kier alpha value is -0.580. The quantitative estimate of drug-likeness (QED) is 0.799. The molecule has 0 radical (unpaired) electrons. The van der Waals surface area contributed by atoms with Crippen molar-refractivity contribution in [1.29, 1.82) is 0 Å². The van der Waals surface area contributed by atoms with Crippen LogP contribution in [0.25, 0.3) is 0 Å². The highest BCUT2D eigenvalue weighted by Gasteiger charge is 2.38. The third-order valence-electron chi connectivity index (χ3n) is 4.30. The van der Waals surface area contributed by atoms with E-state index in [0.717, 1.165) is 30.2 Å². The zero-order valence-electron chi connectivity index (χ0n) is 12.4. The molecule has 2 rings (SSSR count). The van der Waals surface area contributed by atoms with Gasteiger partial charge in [0.05, 0.1) is 6.04 Å². The summed E-state index contributed by atoms with van der Waals surface area (Å²) in [6, 6.07) is 8.07. The Morgan fingerprint density at radius 1 is 1.38 bits per heavy atom. The topological polar surface area (TPSA) is 55.1 Å². The van der Waals surface area contributed by atoms with Crippen LogP contribution >= 0.6 is 28.3 Å². The maximum atomic E-state index is 12.0. The maximum Gasteiger partial charge on any atom is 0.236 e. The van der Waals surface area contributed by atoms with Crippen LogP contribution in [0.4, 0.5) is 0 Å². The first kappa shape index (κ1) is 18.5. The Morgan fingerprint density at radius 3 is 2.48 bits per heavy atom. The van der Waals surface area contributed by atoms with Crippen LogP contribution in [-0.4, -0.2) is 18.5 Å². The summed E-state index contributed by atoms with van der Waals surface area (Å²) in [5.41, 5.74) is 7.29. The van der Waals surface area contributed by atoms with E-state index in [1.807, 2.05) is 6.92 Å². The van der Waals surface area contributed by atoms with Crippen molar-refractivity contribution in [2.75, 3.05) is 6.54 Å². The lowest BCUT2D eigenvalue weighted by molar-refractivity contribution is -0.123. The first-order valence-corrected chi connectivity index (χ1v) is 8.16. The van der Waals surface area contributed by atoms with Crippen molar-refractivity contribution in [2.45, 2.75) is 50.5 Å². The van der Waals surface area contributed by atoms with Gasteiger partial charge < -0.3 is 11.1 Å². The molecule has 1 aliphatic carbocycles. The molecule has 0 bridgehead atoms. The van der Waals surface area contributed by atoms with E-state index in [9.17, 15) is 4.79 Å². The fourth-order valence-electron chi connectivity index (χ4n) is 2.80. The van der Waals surface area contributed by atoms with Crippen LogP contribution in [0.3, 0.4) is 0 Å². The SMILES string of the molecule is CCCC(N)C(=O)NCC1(c2ccc(Br)cc2)CCC1.Cl. The summed E-state index contributed by atoms with van der Waals surface area (Å²) in [5, 5.41) is 3.05. The molecule has 3 nitrogen and oxygen atoms in total. The fourth-order valence-corrected chi connectivity index (χ4v) is 3.07. The Balaban J connectivity index is 0.00000220. The number of amides is 1. The van der Waals surface area contributed by atoms with Crippen LogP contribution in [0.2, 0.25) is 0 Å². The molecule has 0 spiro atoms. The zero-order valence-corrected chi connectivity index (χ0v) is 14.8. The van der Waals surface area contributed by atoms with Gasteiger partial charge in [-0.1, -0.05) is 47.8 Å². The van der Waals surface area contributed by atoms with Crippen molar-refractivity contribution in [3.63, 3.8) is 0 Å². The van der Waals surface area contributed by atoms with E-state index in [0.29, 0.717) is 6.54 Å². The largest absolute Gasteiger partial charge is 0.354 e. The molecule has 1 atom stereocenters. The highest BCUT2D eigenvalue weighted by atomic mass is 79.9. The number of nitrogens with two attached hydrogens (primary N) is 1. The first-order chi connectivity index (χ1) is 9.57. The van der Waals surface area contributed by atoms with E-state index in [2.05, 4.69) is 45.5 Å². The van der Waals surface area contributed by atoms with Crippen LogP contribution in [-0.2, 0) is 10.2 Å². The second-order valence-corrected chi connectivity index (χ2v) is 6.67. The fraction of sp³-hybridized carbons (Fsp3) is 0.562. The van der Waals surface area contributed by atoms with Crippen molar-refractivity contribution in [3.05, 3.63) is 34.3 Å². The molecule has 3 N–H and O–H groups in total. The van der Waals surface area contributed by atoms with E-state index in [-0.39, 0.29) is 29.8 Å². The van der Waals surface area contributed by atoms with Gasteiger partial charge in [0.15, 0.2) is 0 Å². The number of halogens is 2. The van der Waals surface area contributed by atoms with Gasteiger partial charge in [0.25, 0.3) is 0 Å². The molecule has 1 saturated carbocycles. The molecule has 0 saturated heterocycles. The van der Waals surface area contributed by atoms with Crippen molar-refractivity contribution < 1.29 is 4.79 Å². The van der Waals surface area contributed by atoms with Gasteiger partial charge in [0.1, 0.15) is 0 Å². The molecule has 5 heteroatoms. The van der Waals surface area contributed by atoms with Crippen LogP contribution in [0.1, 0.15) is 44.6 Å². The van der Waals surface area contributed by atoms with Gasteiger partial charge in [0, 0.05) is 16.4 Å². The molecule has 21 heavy (non-hydrogen) atoms. The average molecular weight is 376 g/mol. The second kappa shape index (κ2) is 8.16. The molecular weight excluding hydrogens is 352 g/mol. The monoisotopic (exact) mass is 374 g/mol. The van der Waals surface area contributed by atoms with Crippen molar-refractivity contribution in [2.24, 2.45) is 5.73 Å². The maximum absolute atomic E-state index is 12.0. The smallest absolute Gasteiger partial charge is 0.236 e. The van der Waals surface area contributed by atoms with Gasteiger partial charge in [-0.15, -0.1) is 12.4 Å². The summed E-state index contributed by atoms with van der Waals surface area (Å²) in [5.74, 6) is -0.0183. The number of carbonyl (C=O) groups excluding carboxylic acids is 1. The van der Waals surface area contributed by atoms with E-state index < -0.39 is 0 Å². The Labute approximate surface area is 141 Å². The minimum absolute atomic E-state index is 0. The van der Waals surface area contributed by atoms with E-state index in [1.165, 1.54) is 12.0 Å². The number of hydrogen-bond acceptors (Lipinski definition) is 2. The first-order valence-electron chi connectivity index (χ1n) is 7.37. The number of rotatable bonds is 6. The average Bonchev–Trinajstić information content (AvgIpc) is 2.39. The van der Waals surface area contributed by atoms with Crippen molar-refractivity contribution >= 4 is 34.2 Å². The van der Waals surface area contributed by atoms with Crippen molar-refractivity contribution in [1.82, 2.24) is 5.32 Å². The zero-order chi connectivity index (χ0) is 14.6. The van der Waals surface area contributed by atoms with Gasteiger partial charge >= 0.3 is 0 Å². The number of hydrogen-bond donors (Lipinski definition) is 2. The molecule has 1 amide bonds. The molecule has 1 unspecified atom stereocenters. The van der Waals surface area contributed by atoms with Crippen LogP contribution in [0, 0.1) is 0 Å². The van der Waals surface area contributed by atoms with Crippen LogP contribution in [0.5, 0.6) is 0 Å². The standard InChI is InChI=1S/C16H23BrN2O.ClH/c1-2-4-14(18)15(20)19-11-16(9-3-10-16)12-5-7-13(17)8-6-12;/h5-8,14H,2-4,9-11,18H2,1H3,(H,19,20);1H. The van der Waals surface area contributed by atoms with E-state index in [4.69, 9.17) is 5.73 Å². The molecule has 118 valence electrons. The van der Waals surface area contributed by atoms with Crippen LogP contribution in [0.15, 0.2) is 28.7 Å². The lowest BCUT2D eigenvalue weighted by Gasteiger charge is -2.42. The minimum Gasteiger partial charge on any atom is -0.354 e. The normalized spacial score (nSPS) is 17.3. The van der Waals surface area contributed by atoms with Gasteiger partial charge in [-0.3, -0.25) is 4.79 Å². The predicted molar refractivity (Wildman–Crippen MR) is 92.8 cm³/mol. The van der Waals surface area contributed by atoms with E-state index >= 15 is 0 Å². The highest BCUT2D eigenvalue weighted by Crippen LogP contribution is 2.43. The third-order valence-corrected chi connectivity index (χ3v) is 4.83. The molecule has 1 aliphatic rings. The lowest BCUT2D eigenvalue weighted by atomic mass is 9.64. The second-order valence-electron chi connectivity index (χ2n) is 5.75. The molecule has 0 aromatic heterocycles. The molecule has 1 aromatic rings. The highest BCUT2D eigenvalue weighted by molar-refractivity contribution is 9.10. The van der Waals surface area contributed by atoms with Gasteiger partial charge in [0.2, 0.25) is 5.91 Å². The summed E-state index contributed by atoms with van der Waals surface area (Å²) >= 11 is 3.46. The Morgan fingerprint density at radius 2 is 2.00 bits per heavy atom. The Kier molecular flexibility index (Phi) is 7.17. The lowest BCUT2D eigenvalue weighted by Crippen LogP contribution is -2.49. The summed E-state index contributed by atoms with van der Waals surface area (Å²) in [4.78, 5) is 12.0. The third kappa shape index (κ3) is 4.44. The van der Waals surface area contributed by atoms with Crippen molar-refractivity contribution in [3.8, 4) is 0 Å². The summed E-state index contributed by atoms with van der Waals surface area (Å²) in [7, 11) is 0. The van der Waals surface area contributed by atoms with Gasteiger partial charge in [-0.05, 0) is 37.0 Å². The molecule has 1 aromatic carbocycles.